The van der Waals surface area contributed by atoms with E-state index in [1.54, 1.807) is 31.4 Å². The van der Waals surface area contributed by atoms with Gasteiger partial charge in [-0.3, -0.25) is 9.59 Å². The maximum absolute atomic E-state index is 14.0. The molecule has 1 saturated heterocycles. The van der Waals surface area contributed by atoms with E-state index < -0.39 is 30.6 Å². The average Bonchev–Trinajstić information content (AvgIpc) is 3.66. The molecule has 0 radical (unpaired) electrons. The molecule has 0 aromatic heterocycles. The van der Waals surface area contributed by atoms with Crippen molar-refractivity contribution in [3.63, 3.8) is 0 Å². The second-order valence-corrected chi connectivity index (χ2v) is 13.3. The minimum Gasteiger partial charge on any atom is -0.495 e. The summed E-state index contributed by atoms with van der Waals surface area (Å²) in [5.74, 6) is 0.264. The van der Waals surface area contributed by atoms with E-state index in [9.17, 15) is 14.7 Å². The molecule has 6 nitrogen and oxygen atoms in total. The van der Waals surface area contributed by atoms with Gasteiger partial charge in [0.05, 0.1) is 24.6 Å². The van der Waals surface area contributed by atoms with Crippen molar-refractivity contribution in [2.75, 3.05) is 12.9 Å². The molecule has 4 rings (SSSR count). The standard InChI is InChI=1S/C28H33Cl2NO5S/c1-28(2,3)37-15-21(16-5-6-16)31-25(17-7-10-19(29)11-8-17)26(36-23(27(31)34)14-24(32)33)18-9-12-22(35-4)20(30)13-18/h7-13,16,21,23,25-26H,5-6,14-15H2,1-4H3,(H,32,33)/t21-,23-,25-,26-/m1/s1. The van der Waals surface area contributed by atoms with Crippen LogP contribution in [0.15, 0.2) is 42.5 Å². The number of hydrogen-bond acceptors (Lipinski definition) is 5. The number of carbonyl (C=O) groups excluding carboxylic acids is 1. The SMILES string of the molecule is COc1ccc([C@H]2O[C@H](CC(=O)O)C(=O)N([C@H](CSC(C)(C)C)C3CC3)[C@@H]2c2ccc(Cl)cc2)cc1Cl. The largest absolute Gasteiger partial charge is 0.495 e. The maximum Gasteiger partial charge on any atom is 0.306 e. The quantitative estimate of drug-likeness (QED) is 0.360. The van der Waals surface area contributed by atoms with Gasteiger partial charge in [-0.15, -0.1) is 0 Å². The number of rotatable bonds is 9. The van der Waals surface area contributed by atoms with Gasteiger partial charge in [-0.25, -0.2) is 0 Å². The zero-order valence-electron chi connectivity index (χ0n) is 21.4. The van der Waals surface area contributed by atoms with Gasteiger partial charge in [0.2, 0.25) is 0 Å². The average molecular weight is 567 g/mol. The van der Waals surface area contributed by atoms with Crippen LogP contribution in [0.1, 0.15) is 63.3 Å². The first-order valence-electron chi connectivity index (χ1n) is 12.4. The van der Waals surface area contributed by atoms with E-state index >= 15 is 0 Å². The number of methoxy groups -OCH3 is 1. The Hall–Kier alpha value is -1.93. The molecule has 0 spiro atoms. The molecule has 0 bridgehead atoms. The van der Waals surface area contributed by atoms with Crippen LogP contribution >= 0.6 is 35.0 Å². The Balaban J connectivity index is 1.85. The minimum absolute atomic E-state index is 0.0155. The Morgan fingerprint density at radius 1 is 1.16 bits per heavy atom. The zero-order valence-corrected chi connectivity index (χ0v) is 23.8. The van der Waals surface area contributed by atoms with E-state index in [-0.39, 0.29) is 16.7 Å². The number of amides is 1. The first-order valence-corrected chi connectivity index (χ1v) is 14.1. The molecule has 1 heterocycles. The number of halogens is 2. The summed E-state index contributed by atoms with van der Waals surface area (Å²) in [4.78, 5) is 27.7. The highest BCUT2D eigenvalue weighted by Gasteiger charge is 2.50. The fraction of sp³-hybridized carbons (Fsp3) is 0.500. The monoisotopic (exact) mass is 565 g/mol. The Labute approximate surface area is 232 Å². The van der Waals surface area contributed by atoms with Crippen LogP contribution in [0, 0.1) is 5.92 Å². The molecular weight excluding hydrogens is 533 g/mol. The molecule has 2 fully saturated rings. The highest BCUT2D eigenvalue weighted by molar-refractivity contribution is 8.00. The summed E-state index contributed by atoms with van der Waals surface area (Å²) in [5.41, 5.74) is 1.62. The van der Waals surface area contributed by atoms with Crippen LogP contribution in [0.3, 0.4) is 0 Å². The number of morpholine rings is 1. The topological polar surface area (TPSA) is 76.1 Å². The predicted molar refractivity (Wildman–Crippen MR) is 148 cm³/mol. The van der Waals surface area contributed by atoms with Gasteiger partial charge in [-0.05, 0) is 54.2 Å². The number of ether oxygens (including phenoxy) is 2. The van der Waals surface area contributed by atoms with Crippen molar-refractivity contribution < 1.29 is 24.2 Å². The van der Waals surface area contributed by atoms with Crippen LogP contribution < -0.4 is 4.74 Å². The number of nitrogens with zero attached hydrogens (tertiary/aromatic N) is 1. The van der Waals surface area contributed by atoms with Gasteiger partial charge in [0.15, 0.2) is 0 Å². The summed E-state index contributed by atoms with van der Waals surface area (Å²) in [5, 5.41) is 10.6. The fourth-order valence-corrected chi connectivity index (χ4v) is 6.29. The van der Waals surface area contributed by atoms with E-state index in [1.165, 1.54) is 0 Å². The van der Waals surface area contributed by atoms with Gasteiger partial charge in [0.1, 0.15) is 18.0 Å². The lowest BCUT2D eigenvalue weighted by atomic mass is 9.89. The number of carbonyl (C=O) groups is 2. The van der Waals surface area contributed by atoms with Crippen LogP contribution in [0.25, 0.3) is 0 Å². The van der Waals surface area contributed by atoms with Crippen molar-refractivity contribution in [2.24, 2.45) is 5.92 Å². The molecule has 1 amide bonds. The smallest absolute Gasteiger partial charge is 0.306 e. The molecule has 0 unspecified atom stereocenters. The Morgan fingerprint density at radius 3 is 2.35 bits per heavy atom. The van der Waals surface area contributed by atoms with E-state index in [4.69, 9.17) is 32.7 Å². The Bertz CT molecular complexity index is 1130. The van der Waals surface area contributed by atoms with Gasteiger partial charge >= 0.3 is 5.97 Å². The summed E-state index contributed by atoms with van der Waals surface area (Å²) < 4.78 is 11.7. The first kappa shape index (κ1) is 28.1. The lowest BCUT2D eigenvalue weighted by molar-refractivity contribution is -0.183. The zero-order chi connectivity index (χ0) is 26.9. The van der Waals surface area contributed by atoms with Crippen molar-refractivity contribution in [3.8, 4) is 5.75 Å². The molecule has 37 heavy (non-hydrogen) atoms. The number of thioether (sulfide) groups is 1. The van der Waals surface area contributed by atoms with Gasteiger partial charge in [0.25, 0.3) is 5.91 Å². The fourth-order valence-electron chi connectivity index (χ4n) is 4.80. The van der Waals surface area contributed by atoms with Crippen LogP contribution in [0.4, 0.5) is 0 Å². The van der Waals surface area contributed by atoms with Gasteiger partial charge in [-0.2, -0.15) is 11.8 Å². The van der Waals surface area contributed by atoms with Crippen molar-refractivity contribution in [3.05, 3.63) is 63.6 Å². The molecule has 9 heteroatoms. The molecule has 1 aliphatic heterocycles. The summed E-state index contributed by atoms with van der Waals surface area (Å²) in [7, 11) is 1.55. The number of carboxylic acid groups (broad SMARTS) is 1. The van der Waals surface area contributed by atoms with E-state index in [0.717, 1.165) is 29.7 Å². The highest BCUT2D eigenvalue weighted by Crippen LogP contribution is 2.49. The van der Waals surface area contributed by atoms with Crippen molar-refractivity contribution in [1.82, 2.24) is 4.90 Å². The van der Waals surface area contributed by atoms with E-state index in [2.05, 4.69) is 20.8 Å². The van der Waals surface area contributed by atoms with Crippen LogP contribution in [0.2, 0.25) is 10.0 Å². The molecule has 1 aliphatic carbocycles. The van der Waals surface area contributed by atoms with Gasteiger partial charge < -0.3 is 19.5 Å². The Morgan fingerprint density at radius 2 is 1.81 bits per heavy atom. The summed E-state index contributed by atoms with van der Waals surface area (Å²) in [6.45, 7) is 6.48. The second-order valence-electron chi connectivity index (χ2n) is 10.6. The molecular formula is C28H33Cl2NO5S. The maximum atomic E-state index is 14.0. The molecule has 1 N–H and O–H groups in total. The van der Waals surface area contributed by atoms with Gasteiger partial charge in [-0.1, -0.05) is 62.2 Å². The number of benzene rings is 2. The molecule has 2 aliphatic rings. The minimum atomic E-state index is -1.10. The summed E-state index contributed by atoms with van der Waals surface area (Å²) in [6, 6.07) is 12.3. The van der Waals surface area contributed by atoms with Crippen molar-refractivity contribution >= 4 is 46.8 Å². The highest BCUT2D eigenvalue weighted by atomic mass is 35.5. The first-order chi connectivity index (χ1) is 17.5. The molecule has 200 valence electrons. The number of aliphatic carboxylic acids is 1. The third-order valence-corrected chi connectivity index (χ3v) is 8.64. The Kier molecular flexibility index (Phi) is 8.68. The molecule has 1 saturated carbocycles. The lowest BCUT2D eigenvalue weighted by Gasteiger charge is -2.48. The number of hydrogen-bond donors (Lipinski definition) is 1. The lowest BCUT2D eigenvalue weighted by Crippen LogP contribution is -2.56. The third kappa shape index (κ3) is 6.75. The van der Waals surface area contributed by atoms with Crippen LogP contribution in [0.5, 0.6) is 5.75 Å². The van der Waals surface area contributed by atoms with Crippen LogP contribution in [-0.4, -0.2) is 51.6 Å². The predicted octanol–water partition coefficient (Wildman–Crippen LogP) is 6.80. The number of carboxylic acids is 1. The van der Waals surface area contributed by atoms with Crippen molar-refractivity contribution in [1.29, 1.82) is 0 Å². The third-order valence-electron chi connectivity index (χ3n) is 6.71. The summed E-state index contributed by atoms with van der Waals surface area (Å²) in [6.07, 6.45) is -0.0703. The normalized spacial score (nSPS) is 23.1. The van der Waals surface area contributed by atoms with E-state index in [0.29, 0.717) is 21.7 Å². The molecule has 2 aromatic rings. The summed E-state index contributed by atoms with van der Waals surface area (Å²) >= 11 is 14.5. The van der Waals surface area contributed by atoms with Gasteiger partial charge in [0, 0.05) is 21.6 Å². The van der Waals surface area contributed by atoms with Crippen molar-refractivity contribution in [2.45, 2.75) is 69.1 Å². The van der Waals surface area contributed by atoms with Crippen LogP contribution in [-0.2, 0) is 14.3 Å². The molecule has 2 aromatic carbocycles. The second kappa shape index (κ2) is 11.4. The molecule has 4 atom stereocenters. The van der Waals surface area contributed by atoms with E-state index in [1.807, 2.05) is 34.9 Å².